The van der Waals surface area contributed by atoms with Gasteiger partial charge in [-0.1, -0.05) is 52.9 Å². The molecule has 0 atom stereocenters. The molecule has 0 saturated heterocycles. The summed E-state index contributed by atoms with van der Waals surface area (Å²) in [6, 6.07) is 25.8. The Kier molecular flexibility index (Phi) is 6.26. The fourth-order valence-corrected chi connectivity index (χ4v) is 2.93. The van der Waals surface area contributed by atoms with E-state index in [4.69, 9.17) is 4.99 Å². The van der Waals surface area contributed by atoms with E-state index in [1.54, 1.807) is 12.4 Å². The number of fused-ring (bicyclic) bond motifs is 1. The molecule has 0 saturated carbocycles. The molecule has 2 aromatic heterocycles. The molecule has 4 heteroatoms. The first-order valence-electron chi connectivity index (χ1n) is 8.59. The van der Waals surface area contributed by atoms with Gasteiger partial charge in [-0.25, -0.2) is 0 Å². The van der Waals surface area contributed by atoms with Crippen molar-refractivity contribution in [3.05, 3.63) is 96.4 Å². The van der Waals surface area contributed by atoms with E-state index in [-0.39, 0.29) is 21.1 Å². The number of benzene rings is 2. The molecule has 0 aliphatic carbocycles. The Morgan fingerprint density at radius 3 is 2.44 bits per heavy atom. The van der Waals surface area contributed by atoms with E-state index < -0.39 is 0 Å². The molecular weight excluding hydrogens is 513 g/mol. The Morgan fingerprint density at radius 2 is 1.70 bits per heavy atom. The second-order valence-corrected chi connectivity index (χ2v) is 6.08. The summed E-state index contributed by atoms with van der Waals surface area (Å²) in [4.78, 5) is 13.5. The minimum absolute atomic E-state index is 0. The van der Waals surface area contributed by atoms with E-state index in [1.807, 2.05) is 43.3 Å². The maximum absolute atomic E-state index is 4.74. The van der Waals surface area contributed by atoms with E-state index in [2.05, 4.69) is 46.4 Å². The zero-order valence-electron chi connectivity index (χ0n) is 14.9. The van der Waals surface area contributed by atoms with Crippen LogP contribution in [0.1, 0.15) is 18.2 Å². The van der Waals surface area contributed by atoms with Crippen molar-refractivity contribution in [2.75, 3.05) is 0 Å². The third kappa shape index (κ3) is 4.37. The summed E-state index contributed by atoms with van der Waals surface area (Å²) in [5, 5.41) is 2.25. The molecule has 0 amide bonds. The molecular formula is C23H18N3Pt-. The van der Waals surface area contributed by atoms with E-state index in [0.29, 0.717) is 6.54 Å². The Labute approximate surface area is 173 Å². The van der Waals surface area contributed by atoms with E-state index in [1.165, 1.54) is 0 Å². The second kappa shape index (κ2) is 8.83. The van der Waals surface area contributed by atoms with Crippen molar-refractivity contribution >= 4 is 16.5 Å². The van der Waals surface area contributed by atoms with Gasteiger partial charge in [-0.2, -0.15) is 0 Å². The quantitative estimate of drug-likeness (QED) is 0.272. The van der Waals surface area contributed by atoms with Crippen LogP contribution < -0.4 is 0 Å². The molecule has 0 radical (unpaired) electrons. The average molecular weight is 531 g/mol. The summed E-state index contributed by atoms with van der Waals surface area (Å²) in [7, 11) is 0. The molecule has 136 valence electrons. The summed E-state index contributed by atoms with van der Waals surface area (Å²) < 4.78 is 0. The van der Waals surface area contributed by atoms with Gasteiger partial charge in [0.05, 0.1) is 11.4 Å². The summed E-state index contributed by atoms with van der Waals surface area (Å²) in [6.45, 7) is 2.60. The summed E-state index contributed by atoms with van der Waals surface area (Å²) in [5.74, 6) is 0. The normalized spacial score (nSPS) is 11.2. The number of hydrogen-bond donors (Lipinski definition) is 0. The van der Waals surface area contributed by atoms with Gasteiger partial charge in [-0.3, -0.25) is 15.0 Å². The first kappa shape index (κ1) is 19.1. The Balaban J connectivity index is 0.00000210. The number of aromatic nitrogens is 2. The van der Waals surface area contributed by atoms with Crippen molar-refractivity contribution in [1.29, 1.82) is 0 Å². The number of hydrogen-bond acceptors (Lipinski definition) is 3. The van der Waals surface area contributed by atoms with E-state index in [0.717, 1.165) is 39.0 Å². The van der Waals surface area contributed by atoms with Gasteiger partial charge >= 0.3 is 0 Å². The second-order valence-electron chi connectivity index (χ2n) is 6.08. The molecule has 0 aliphatic heterocycles. The van der Waals surface area contributed by atoms with E-state index in [9.17, 15) is 0 Å². The third-order valence-electron chi connectivity index (χ3n) is 4.34. The minimum Gasteiger partial charge on any atom is -0.295 e. The zero-order chi connectivity index (χ0) is 17.8. The van der Waals surface area contributed by atoms with Gasteiger partial charge in [-0.15, -0.1) is 23.6 Å². The molecule has 0 unspecified atom stereocenters. The minimum atomic E-state index is 0. The average Bonchev–Trinajstić information content (AvgIpc) is 2.73. The maximum Gasteiger partial charge on any atom is 0.0836 e. The summed E-state index contributed by atoms with van der Waals surface area (Å²) in [6.07, 6.45) is 3.60. The van der Waals surface area contributed by atoms with Crippen molar-refractivity contribution in [3.63, 3.8) is 0 Å². The van der Waals surface area contributed by atoms with Crippen molar-refractivity contribution in [2.24, 2.45) is 4.99 Å². The molecule has 2 aromatic carbocycles. The van der Waals surface area contributed by atoms with Crippen molar-refractivity contribution in [2.45, 2.75) is 13.5 Å². The van der Waals surface area contributed by atoms with Crippen LogP contribution in [0.4, 0.5) is 0 Å². The monoisotopic (exact) mass is 531 g/mol. The number of pyridine rings is 2. The molecule has 2 heterocycles. The molecule has 3 nitrogen and oxygen atoms in total. The van der Waals surface area contributed by atoms with Crippen LogP contribution in [0.2, 0.25) is 0 Å². The first-order chi connectivity index (χ1) is 12.8. The molecule has 0 N–H and O–H groups in total. The number of aliphatic imine (C=N–C) groups is 1. The maximum atomic E-state index is 4.74. The van der Waals surface area contributed by atoms with Crippen molar-refractivity contribution in [3.8, 4) is 11.3 Å². The molecule has 4 rings (SSSR count). The van der Waals surface area contributed by atoms with Crippen LogP contribution in [-0.4, -0.2) is 15.7 Å². The zero-order valence-corrected chi connectivity index (χ0v) is 17.1. The molecule has 0 fully saturated rings. The van der Waals surface area contributed by atoms with Crippen molar-refractivity contribution in [1.82, 2.24) is 9.97 Å². The van der Waals surface area contributed by atoms with Crippen LogP contribution in [0.15, 0.2) is 84.1 Å². The van der Waals surface area contributed by atoms with Crippen LogP contribution >= 0.6 is 0 Å². The van der Waals surface area contributed by atoms with Gasteiger partial charge < -0.3 is 0 Å². The predicted octanol–water partition coefficient (Wildman–Crippen LogP) is 5.10. The molecule has 27 heavy (non-hydrogen) atoms. The van der Waals surface area contributed by atoms with Gasteiger partial charge in [0.1, 0.15) is 0 Å². The van der Waals surface area contributed by atoms with Crippen LogP contribution in [0, 0.1) is 6.07 Å². The van der Waals surface area contributed by atoms with Crippen LogP contribution in [0.25, 0.3) is 22.0 Å². The summed E-state index contributed by atoms with van der Waals surface area (Å²) >= 11 is 0. The fourth-order valence-electron chi connectivity index (χ4n) is 2.93. The third-order valence-corrected chi connectivity index (χ3v) is 4.34. The van der Waals surface area contributed by atoms with Gasteiger partial charge in [-0.05, 0) is 25.1 Å². The Bertz CT molecular complexity index is 1060. The smallest absolute Gasteiger partial charge is 0.0836 e. The standard InChI is InChI=1S/C23H18N3.Pt/c1-17(22-9-2-4-13-24-22)26-16-20-8-6-7-18-11-12-19(15-21(18)20)23-10-3-5-14-25-23;/h2-14H,16H2,1H3;/q-1;. The van der Waals surface area contributed by atoms with Gasteiger partial charge in [0.15, 0.2) is 0 Å². The van der Waals surface area contributed by atoms with E-state index >= 15 is 0 Å². The fraction of sp³-hybridized carbons (Fsp3) is 0.0870. The largest absolute Gasteiger partial charge is 0.295 e. The first-order valence-corrected chi connectivity index (χ1v) is 8.59. The Morgan fingerprint density at radius 1 is 0.889 bits per heavy atom. The topological polar surface area (TPSA) is 38.1 Å². The predicted molar refractivity (Wildman–Crippen MR) is 106 cm³/mol. The van der Waals surface area contributed by atoms with Crippen LogP contribution in [0.3, 0.4) is 0 Å². The molecule has 0 bridgehead atoms. The number of nitrogens with zero attached hydrogens (tertiary/aromatic N) is 3. The van der Waals surface area contributed by atoms with Crippen LogP contribution in [-0.2, 0) is 27.6 Å². The van der Waals surface area contributed by atoms with Crippen LogP contribution in [0.5, 0.6) is 0 Å². The summed E-state index contributed by atoms with van der Waals surface area (Å²) in [5.41, 5.74) is 4.92. The molecule has 4 aromatic rings. The van der Waals surface area contributed by atoms with Gasteiger partial charge in [0.2, 0.25) is 0 Å². The van der Waals surface area contributed by atoms with Gasteiger partial charge in [0, 0.05) is 45.7 Å². The SMILES string of the molecule is CC(=NCc1cccc2ccc(-c3ccccn3)[c-]c12)c1ccccn1.[Pt]. The molecule has 0 spiro atoms. The van der Waals surface area contributed by atoms with Gasteiger partial charge in [0.25, 0.3) is 0 Å². The van der Waals surface area contributed by atoms with Crippen molar-refractivity contribution < 1.29 is 21.1 Å². The number of rotatable bonds is 4. The molecule has 0 aliphatic rings. The Hall–Kier alpha value is -2.64.